The van der Waals surface area contributed by atoms with Crippen LogP contribution in [0.5, 0.6) is 0 Å². The standard InChI is InChI=1S/C10H18O2S/c1-3-4-5-10-11-6-9(7-12-10)8(2)13-10/h8-9H,3-7H2,1-2H3. The molecular formula is C10H18O2S. The summed E-state index contributed by atoms with van der Waals surface area (Å²) >= 11 is 1.88. The second-order valence-corrected chi connectivity index (χ2v) is 5.59. The first-order valence-electron chi connectivity index (χ1n) is 5.21. The smallest absolute Gasteiger partial charge is 0.218 e. The fraction of sp³-hybridized carbons (Fsp3) is 1.00. The van der Waals surface area contributed by atoms with Gasteiger partial charge in [0.25, 0.3) is 0 Å². The first kappa shape index (κ1) is 9.81. The van der Waals surface area contributed by atoms with E-state index in [0.717, 1.165) is 19.6 Å². The average Bonchev–Trinajstić information content (AvgIpc) is 2.16. The summed E-state index contributed by atoms with van der Waals surface area (Å²) in [7, 11) is 0. The molecule has 3 aliphatic heterocycles. The van der Waals surface area contributed by atoms with Gasteiger partial charge in [0.2, 0.25) is 5.12 Å². The Kier molecular flexibility index (Phi) is 2.86. The van der Waals surface area contributed by atoms with Crippen LogP contribution in [0.25, 0.3) is 0 Å². The van der Waals surface area contributed by atoms with Crippen LogP contribution in [0, 0.1) is 5.92 Å². The lowest BCUT2D eigenvalue weighted by Crippen LogP contribution is -2.51. The van der Waals surface area contributed by atoms with E-state index >= 15 is 0 Å². The van der Waals surface area contributed by atoms with Crippen molar-refractivity contribution in [1.29, 1.82) is 0 Å². The lowest BCUT2D eigenvalue weighted by Gasteiger charge is -2.48. The second-order valence-electron chi connectivity index (χ2n) is 3.99. The normalized spacial score (nSPS) is 43.8. The molecule has 0 aliphatic carbocycles. The molecule has 3 saturated heterocycles. The van der Waals surface area contributed by atoms with Crippen molar-refractivity contribution in [3.05, 3.63) is 0 Å². The first-order chi connectivity index (χ1) is 6.26. The molecule has 0 spiro atoms. The van der Waals surface area contributed by atoms with Crippen LogP contribution in [-0.4, -0.2) is 23.6 Å². The Balaban J connectivity index is 1.96. The van der Waals surface area contributed by atoms with Crippen molar-refractivity contribution < 1.29 is 9.47 Å². The Bertz CT molecular complexity index is 176. The van der Waals surface area contributed by atoms with Crippen molar-refractivity contribution in [2.75, 3.05) is 13.2 Å². The van der Waals surface area contributed by atoms with E-state index in [1.807, 2.05) is 11.8 Å². The highest BCUT2D eigenvalue weighted by Gasteiger charge is 2.46. The molecule has 2 bridgehead atoms. The first-order valence-corrected chi connectivity index (χ1v) is 6.09. The summed E-state index contributed by atoms with van der Waals surface area (Å²) in [5, 5.41) is 0.434. The molecule has 0 N–H and O–H groups in total. The van der Waals surface area contributed by atoms with Gasteiger partial charge in [0.1, 0.15) is 0 Å². The third-order valence-corrected chi connectivity index (χ3v) is 4.46. The Morgan fingerprint density at radius 1 is 1.38 bits per heavy atom. The quantitative estimate of drug-likeness (QED) is 0.701. The summed E-state index contributed by atoms with van der Waals surface area (Å²) in [5.41, 5.74) is 0. The molecule has 0 aromatic rings. The number of thioether (sulfide) groups is 1. The zero-order valence-electron chi connectivity index (χ0n) is 8.41. The molecule has 0 radical (unpaired) electrons. The summed E-state index contributed by atoms with van der Waals surface area (Å²) in [6.45, 7) is 6.30. The van der Waals surface area contributed by atoms with Crippen LogP contribution in [0.4, 0.5) is 0 Å². The second kappa shape index (κ2) is 3.79. The molecule has 3 fully saturated rings. The van der Waals surface area contributed by atoms with Gasteiger partial charge < -0.3 is 9.47 Å². The number of rotatable bonds is 3. The minimum Gasteiger partial charge on any atom is -0.341 e. The molecule has 3 heterocycles. The fourth-order valence-electron chi connectivity index (χ4n) is 1.87. The molecule has 13 heavy (non-hydrogen) atoms. The van der Waals surface area contributed by atoms with Crippen LogP contribution in [0.3, 0.4) is 0 Å². The molecule has 1 atom stereocenters. The predicted molar refractivity (Wildman–Crippen MR) is 54.7 cm³/mol. The van der Waals surface area contributed by atoms with Gasteiger partial charge in [-0.25, -0.2) is 0 Å². The van der Waals surface area contributed by atoms with Gasteiger partial charge in [-0.2, -0.15) is 0 Å². The SMILES string of the molecule is CCCCC12OCC(CO1)C(C)S2. The van der Waals surface area contributed by atoms with Gasteiger partial charge >= 0.3 is 0 Å². The van der Waals surface area contributed by atoms with E-state index in [-0.39, 0.29) is 5.12 Å². The van der Waals surface area contributed by atoms with Crippen molar-refractivity contribution in [3.63, 3.8) is 0 Å². The van der Waals surface area contributed by atoms with Crippen molar-refractivity contribution in [3.8, 4) is 0 Å². The lowest BCUT2D eigenvalue weighted by molar-refractivity contribution is -0.238. The van der Waals surface area contributed by atoms with E-state index in [1.165, 1.54) is 12.8 Å². The monoisotopic (exact) mass is 202 g/mol. The highest BCUT2D eigenvalue weighted by Crippen LogP contribution is 2.47. The van der Waals surface area contributed by atoms with Crippen LogP contribution in [0.1, 0.15) is 33.1 Å². The largest absolute Gasteiger partial charge is 0.341 e. The molecule has 2 nitrogen and oxygen atoms in total. The van der Waals surface area contributed by atoms with E-state index < -0.39 is 0 Å². The highest BCUT2D eigenvalue weighted by molar-refractivity contribution is 8.01. The van der Waals surface area contributed by atoms with Crippen LogP contribution in [0.2, 0.25) is 0 Å². The third kappa shape index (κ3) is 1.88. The van der Waals surface area contributed by atoms with Crippen molar-refractivity contribution in [2.24, 2.45) is 5.92 Å². The van der Waals surface area contributed by atoms with Gasteiger partial charge in [-0.05, 0) is 6.42 Å². The Labute approximate surface area is 84.4 Å². The Morgan fingerprint density at radius 2 is 2.08 bits per heavy atom. The predicted octanol–water partition coefficient (Wildman–Crippen LogP) is 2.63. The summed E-state index contributed by atoms with van der Waals surface area (Å²) in [6, 6.07) is 0. The van der Waals surface area contributed by atoms with Gasteiger partial charge in [-0.3, -0.25) is 0 Å². The van der Waals surface area contributed by atoms with Crippen LogP contribution < -0.4 is 0 Å². The maximum absolute atomic E-state index is 5.78. The minimum absolute atomic E-state index is 0.274. The number of hydrogen-bond acceptors (Lipinski definition) is 3. The molecule has 3 rings (SSSR count). The number of ether oxygens (including phenoxy) is 2. The van der Waals surface area contributed by atoms with Crippen LogP contribution in [0.15, 0.2) is 0 Å². The Hall–Kier alpha value is 0.270. The summed E-state index contributed by atoms with van der Waals surface area (Å²) < 4.78 is 11.6. The summed E-state index contributed by atoms with van der Waals surface area (Å²) in [4.78, 5) is 0. The van der Waals surface area contributed by atoms with Crippen molar-refractivity contribution in [1.82, 2.24) is 0 Å². The summed E-state index contributed by atoms with van der Waals surface area (Å²) in [6.07, 6.45) is 3.46. The van der Waals surface area contributed by atoms with Crippen molar-refractivity contribution in [2.45, 2.75) is 43.5 Å². The zero-order chi connectivity index (χ0) is 9.31. The lowest BCUT2D eigenvalue weighted by atomic mass is 10.1. The minimum atomic E-state index is -0.274. The molecule has 76 valence electrons. The van der Waals surface area contributed by atoms with E-state index in [0.29, 0.717) is 11.2 Å². The third-order valence-electron chi connectivity index (χ3n) is 2.90. The molecule has 0 aromatic carbocycles. The van der Waals surface area contributed by atoms with Gasteiger partial charge in [0, 0.05) is 17.6 Å². The molecule has 3 heteroatoms. The summed E-state index contributed by atoms with van der Waals surface area (Å²) in [5.74, 6) is 0.619. The number of unbranched alkanes of at least 4 members (excludes halogenated alkanes) is 1. The van der Waals surface area contributed by atoms with Gasteiger partial charge in [-0.1, -0.05) is 32.0 Å². The molecular weight excluding hydrogens is 184 g/mol. The van der Waals surface area contributed by atoms with Gasteiger partial charge in [-0.15, -0.1) is 0 Å². The fourth-order valence-corrected chi connectivity index (χ4v) is 3.32. The molecule has 0 amide bonds. The van der Waals surface area contributed by atoms with E-state index in [4.69, 9.17) is 9.47 Å². The average molecular weight is 202 g/mol. The van der Waals surface area contributed by atoms with Crippen LogP contribution in [-0.2, 0) is 9.47 Å². The highest BCUT2D eigenvalue weighted by atomic mass is 32.2. The number of hydrogen-bond donors (Lipinski definition) is 0. The van der Waals surface area contributed by atoms with E-state index in [1.54, 1.807) is 0 Å². The maximum atomic E-state index is 5.78. The van der Waals surface area contributed by atoms with Crippen LogP contribution >= 0.6 is 11.8 Å². The van der Waals surface area contributed by atoms with E-state index in [9.17, 15) is 0 Å². The molecule has 1 unspecified atom stereocenters. The topological polar surface area (TPSA) is 18.5 Å². The molecule has 0 aromatic heterocycles. The van der Waals surface area contributed by atoms with Gasteiger partial charge in [0.05, 0.1) is 13.2 Å². The molecule has 3 aliphatic rings. The van der Waals surface area contributed by atoms with Crippen molar-refractivity contribution >= 4 is 11.8 Å². The maximum Gasteiger partial charge on any atom is 0.218 e. The molecule has 0 saturated carbocycles. The van der Waals surface area contributed by atoms with Gasteiger partial charge in [0.15, 0.2) is 0 Å². The Morgan fingerprint density at radius 3 is 2.62 bits per heavy atom. The zero-order valence-corrected chi connectivity index (χ0v) is 9.23. The van der Waals surface area contributed by atoms with E-state index in [2.05, 4.69) is 13.8 Å². The number of fused-ring (bicyclic) bond motifs is 3.